The molecule has 140 valence electrons. The van der Waals surface area contributed by atoms with E-state index in [9.17, 15) is 22.8 Å². The third-order valence-electron chi connectivity index (χ3n) is 3.98. The van der Waals surface area contributed by atoms with Crippen LogP contribution in [0.3, 0.4) is 0 Å². The van der Waals surface area contributed by atoms with Crippen LogP contribution in [0.5, 0.6) is 0 Å². The monoisotopic (exact) mass is 367 g/mol. The minimum atomic E-state index is -4.47. The second-order valence-electron chi connectivity index (χ2n) is 5.97. The van der Waals surface area contributed by atoms with Gasteiger partial charge >= 0.3 is 6.18 Å². The maximum absolute atomic E-state index is 12.6. The molecule has 2 rings (SSSR count). The number of carbonyl (C=O) groups is 2. The lowest BCUT2D eigenvalue weighted by Crippen LogP contribution is -2.41. The van der Waals surface area contributed by atoms with Crippen molar-refractivity contribution in [2.45, 2.75) is 38.4 Å². The van der Waals surface area contributed by atoms with E-state index in [0.29, 0.717) is 12.8 Å². The van der Waals surface area contributed by atoms with Gasteiger partial charge in [0.05, 0.1) is 11.6 Å². The summed E-state index contributed by atoms with van der Waals surface area (Å²) < 4.78 is 39.4. The third kappa shape index (κ3) is 4.71. The Labute approximate surface area is 149 Å². The van der Waals surface area contributed by atoms with Crippen LogP contribution in [0.1, 0.15) is 52.7 Å². The largest absolute Gasteiger partial charge is 0.416 e. The van der Waals surface area contributed by atoms with Gasteiger partial charge in [0.1, 0.15) is 0 Å². The summed E-state index contributed by atoms with van der Waals surface area (Å²) in [6.45, 7) is 1.96. The lowest BCUT2D eigenvalue weighted by molar-refractivity contribution is -0.137. The maximum Gasteiger partial charge on any atom is 0.416 e. The van der Waals surface area contributed by atoms with Gasteiger partial charge in [0.25, 0.3) is 5.91 Å². The number of rotatable bonds is 7. The molecule has 0 saturated carbocycles. The Hall–Kier alpha value is -2.64. The van der Waals surface area contributed by atoms with Crippen LogP contribution in [-0.2, 0) is 13.2 Å². The molecule has 1 N–H and O–H groups in total. The summed E-state index contributed by atoms with van der Waals surface area (Å²) in [5.74, 6) is -0.701. The Morgan fingerprint density at radius 1 is 1.23 bits per heavy atom. The average molecular weight is 367 g/mol. The zero-order valence-corrected chi connectivity index (χ0v) is 14.5. The first-order valence-corrected chi connectivity index (χ1v) is 8.23. The van der Waals surface area contributed by atoms with Crippen LogP contribution in [0.2, 0.25) is 0 Å². The van der Waals surface area contributed by atoms with Crippen LogP contribution in [0.4, 0.5) is 13.2 Å². The molecule has 2 aromatic rings. The van der Waals surface area contributed by atoms with Gasteiger partial charge < -0.3 is 9.88 Å². The summed E-state index contributed by atoms with van der Waals surface area (Å²) in [6.07, 6.45) is 0.625. The molecule has 5 nitrogen and oxygen atoms in total. The van der Waals surface area contributed by atoms with Crippen molar-refractivity contribution < 1.29 is 22.8 Å². The van der Waals surface area contributed by atoms with E-state index in [4.69, 9.17) is 0 Å². The van der Waals surface area contributed by atoms with Gasteiger partial charge in [-0.2, -0.15) is 13.2 Å². The quantitative estimate of drug-likeness (QED) is 0.761. The van der Waals surface area contributed by atoms with Crippen LogP contribution in [0.15, 0.2) is 36.7 Å². The number of alkyl halides is 3. The molecule has 26 heavy (non-hydrogen) atoms. The van der Waals surface area contributed by atoms with E-state index in [2.05, 4.69) is 10.3 Å². The highest BCUT2D eigenvalue weighted by Crippen LogP contribution is 2.29. The fourth-order valence-electron chi connectivity index (χ4n) is 2.49. The molecule has 0 radical (unpaired) electrons. The summed E-state index contributed by atoms with van der Waals surface area (Å²) in [5.41, 5.74) is -0.771. The number of aryl methyl sites for hydroxylation is 1. The van der Waals surface area contributed by atoms with E-state index >= 15 is 0 Å². The van der Waals surface area contributed by atoms with Gasteiger partial charge in [-0.05, 0) is 30.7 Å². The topological polar surface area (TPSA) is 64.0 Å². The lowest BCUT2D eigenvalue weighted by atomic mass is 10.0. The highest BCUT2D eigenvalue weighted by atomic mass is 19.4. The molecular formula is C18H20F3N3O2. The Morgan fingerprint density at radius 3 is 2.38 bits per heavy atom. The fourth-order valence-corrected chi connectivity index (χ4v) is 2.49. The van der Waals surface area contributed by atoms with Crippen LogP contribution >= 0.6 is 0 Å². The molecule has 1 aromatic carbocycles. The summed E-state index contributed by atoms with van der Waals surface area (Å²) in [7, 11) is 1.68. The number of hydrogen-bond acceptors (Lipinski definition) is 3. The van der Waals surface area contributed by atoms with Crippen LogP contribution in [0.25, 0.3) is 0 Å². The predicted octanol–water partition coefficient (Wildman–Crippen LogP) is 3.61. The van der Waals surface area contributed by atoms with Crippen molar-refractivity contribution in [1.82, 2.24) is 14.9 Å². The second kappa shape index (κ2) is 8.16. The highest BCUT2D eigenvalue weighted by molar-refractivity contribution is 6.02. The molecule has 1 heterocycles. The molecule has 0 aliphatic carbocycles. The fraction of sp³-hybridized carbons (Fsp3) is 0.389. The first kappa shape index (κ1) is 19.7. The number of carbonyl (C=O) groups excluding carboxylic acids is 2. The normalized spacial score (nSPS) is 12.7. The minimum absolute atomic E-state index is 0.0622. The standard InChI is InChI=1S/C18H20F3N3O2/c1-3-4-5-14(15(25)16-22-10-11-24(16)2)23-17(26)12-6-8-13(9-7-12)18(19,20)21/h6-11,14H,3-5H2,1-2H3,(H,23,26). The number of nitrogens with one attached hydrogen (secondary N) is 1. The van der Waals surface area contributed by atoms with Crippen molar-refractivity contribution in [2.24, 2.45) is 7.05 Å². The number of imidazole rings is 1. The van der Waals surface area contributed by atoms with Crippen LogP contribution in [-0.4, -0.2) is 27.3 Å². The van der Waals surface area contributed by atoms with E-state index < -0.39 is 23.7 Å². The van der Waals surface area contributed by atoms with E-state index in [0.717, 1.165) is 30.7 Å². The number of aromatic nitrogens is 2. The second-order valence-corrected chi connectivity index (χ2v) is 5.97. The van der Waals surface area contributed by atoms with Crippen LogP contribution in [0, 0.1) is 0 Å². The first-order valence-electron chi connectivity index (χ1n) is 8.23. The third-order valence-corrected chi connectivity index (χ3v) is 3.98. The molecule has 1 aromatic heterocycles. The SMILES string of the molecule is CCCCC(NC(=O)c1ccc(C(F)(F)F)cc1)C(=O)c1nccn1C. The minimum Gasteiger partial charge on any atom is -0.342 e. The lowest BCUT2D eigenvalue weighted by Gasteiger charge is -2.17. The van der Waals surface area contributed by atoms with E-state index in [1.807, 2.05) is 6.92 Å². The Balaban J connectivity index is 2.15. The molecule has 1 unspecified atom stereocenters. The van der Waals surface area contributed by atoms with Crippen molar-refractivity contribution in [2.75, 3.05) is 0 Å². The number of unbranched alkanes of at least 4 members (excludes halogenated alkanes) is 1. The maximum atomic E-state index is 12.6. The Kier molecular flexibility index (Phi) is 6.18. The van der Waals surface area contributed by atoms with Gasteiger partial charge in [-0.15, -0.1) is 0 Å². The van der Waals surface area contributed by atoms with Gasteiger partial charge in [-0.1, -0.05) is 19.8 Å². The van der Waals surface area contributed by atoms with Gasteiger partial charge in [0, 0.05) is 25.0 Å². The summed E-state index contributed by atoms with van der Waals surface area (Å²) in [6, 6.07) is 3.10. The van der Waals surface area contributed by atoms with E-state index in [1.54, 1.807) is 17.8 Å². The number of amides is 1. The molecule has 0 saturated heterocycles. The molecule has 1 atom stereocenters. The van der Waals surface area contributed by atoms with Gasteiger partial charge in [-0.25, -0.2) is 4.98 Å². The summed E-state index contributed by atoms with van der Waals surface area (Å²) >= 11 is 0. The number of benzene rings is 1. The predicted molar refractivity (Wildman–Crippen MR) is 89.8 cm³/mol. The number of Topliss-reactive ketones (excluding diaryl/α,β-unsaturated/α-hetero) is 1. The Bertz CT molecular complexity index is 767. The molecular weight excluding hydrogens is 347 g/mol. The molecule has 0 aliphatic rings. The molecule has 0 bridgehead atoms. The molecule has 1 amide bonds. The van der Waals surface area contributed by atoms with Crippen LogP contribution < -0.4 is 5.32 Å². The van der Waals surface area contributed by atoms with Crippen molar-refractivity contribution >= 4 is 11.7 Å². The molecule has 0 aliphatic heterocycles. The zero-order valence-electron chi connectivity index (χ0n) is 14.5. The first-order chi connectivity index (χ1) is 12.2. The van der Waals surface area contributed by atoms with Crippen molar-refractivity contribution in [3.8, 4) is 0 Å². The van der Waals surface area contributed by atoms with E-state index in [-0.39, 0.29) is 17.2 Å². The number of hydrogen-bond donors (Lipinski definition) is 1. The van der Waals surface area contributed by atoms with E-state index in [1.165, 1.54) is 6.20 Å². The van der Waals surface area contributed by atoms with Gasteiger partial charge in [0.2, 0.25) is 5.78 Å². The highest BCUT2D eigenvalue weighted by Gasteiger charge is 2.30. The Morgan fingerprint density at radius 2 is 1.88 bits per heavy atom. The molecule has 8 heteroatoms. The summed E-state index contributed by atoms with van der Waals surface area (Å²) in [5, 5.41) is 2.62. The number of nitrogens with zero attached hydrogens (tertiary/aromatic N) is 2. The summed E-state index contributed by atoms with van der Waals surface area (Å²) in [4.78, 5) is 29.0. The smallest absolute Gasteiger partial charge is 0.342 e. The zero-order chi connectivity index (χ0) is 19.3. The van der Waals surface area contributed by atoms with Crippen molar-refractivity contribution in [1.29, 1.82) is 0 Å². The van der Waals surface area contributed by atoms with Gasteiger partial charge in [-0.3, -0.25) is 9.59 Å². The molecule has 0 fully saturated rings. The van der Waals surface area contributed by atoms with Gasteiger partial charge in [0.15, 0.2) is 5.82 Å². The molecule has 0 spiro atoms. The number of halogens is 3. The van der Waals surface area contributed by atoms with Crippen molar-refractivity contribution in [3.05, 3.63) is 53.6 Å². The average Bonchev–Trinajstić information content (AvgIpc) is 3.03. The number of ketones is 1. The van der Waals surface area contributed by atoms with Crippen molar-refractivity contribution in [3.63, 3.8) is 0 Å².